The number of aromatic nitrogens is 1. The molecule has 11 amide bonds. The first-order valence-electron chi connectivity index (χ1n) is 35.1. The van der Waals surface area contributed by atoms with E-state index in [1.54, 1.807) is 97.0 Å². The lowest BCUT2D eigenvalue weighted by Crippen LogP contribution is -2.64. The maximum Gasteiger partial charge on any atom is 0.407 e. The van der Waals surface area contributed by atoms with E-state index in [9.17, 15) is 33.6 Å². The second kappa shape index (κ2) is 36.8. The predicted molar refractivity (Wildman–Crippen MR) is 386 cm³/mol. The number of nitrogens with one attached hydrogen (secondary N) is 10. The largest absolute Gasteiger partial charge is 0.497 e. The molecule has 1 fully saturated rings. The second-order valence-corrected chi connectivity index (χ2v) is 28.8. The Kier molecular flexibility index (Phi) is 28.7. The number of halogens is 1. The summed E-state index contributed by atoms with van der Waals surface area (Å²) in [5.41, 5.74) is 6.65. The summed E-state index contributed by atoms with van der Waals surface area (Å²) < 4.78 is 32.3. The molecule has 1 aromatic heterocycles. The molecule has 29 nitrogen and oxygen atoms in total. The first kappa shape index (κ1) is 81.8. The van der Waals surface area contributed by atoms with Crippen LogP contribution in [-0.4, -0.2) is 190 Å². The van der Waals surface area contributed by atoms with E-state index in [1.165, 1.54) is 57.3 Å². The molecule has 5 aromatic rings. The highest BCUT2D eigenvalue weighted by atomic mass is 19.1. The van der Waals surface area contributed by atoms with Gasteiger partial charge in [0.1, 0.15) is 59.0 Å². The third-order valence-corrected chi connectivity index (χ3v) is 18.0. The van der Waals surface area contributed by atoms with Gasteiger partial charge in [0.15, 0.2) is 0 Å². The van der Waals surface area contributed by atoms with Crippen molar-refractivity contribution in [3.8, 4) is 5.75 Å². The lowest BCUT2D eigenvalue weighted by molar-refractivity contribution is -0.148. The number of aromatic amines is 1. The number of fused-ring (bicyclic) bond motifs is 3. The van der Waals surface area contributed by atoms with E-state index in [4.69, 9.17) is 25.1 Å². The molecule has 0 radical (unpaired) electrons. The van der Waals surface area contributed by atoms with Crippen molar-refractivity contribution in [2.45, 2.75) is 205 Å². The third kappa shape index (κ3) is 24.3. The Bertz CT molecular complexity index is 3950. The molecule has 2 aliphatic rings. The van der Waals surface area contributed by atoms with Gasteiger partial charge in [-0.3, -0.25) is 52.7 Å². The Balaban J connectivity index is 1.20. The fourth-order valence-corrected chi connectivity index (χ4v) is 12.4. The smallest absolute Gasteiger partial charge is 0.407 e. The number of methoxy groups -OCH3 is 1. The van der Waals surface area contributed by atoms with Gasteiger partial charge < -0.3 is 87.7 Å². The highest BCUT2D eigenvalue weighted by Gasteiger charge is 2.48. The van der Waals surface area contributed by atoms with Gasteiger partial charge in [-0.1, -0.05) is 60.7 Å². The Morgan fingerprint density at radius 3 is 2.13 bits per heavy atom. The molecule has 2 bridgehead atoms. The van der Waals surface area contributed by atoms with Crippen LogP contribution in [0.4, 0.5) is 9.18 Å². The molecule has 3 heterocycles. The molecule has 1 saturated heterocycles. The normalized spacial score (nSPS) is 18.9. The highest BCUT2D eigenvalue weighted by molar-refractivity contribution is 5.99. The van der Waals surface area contributed by atoms with Crippen LogP contribution in [-0.2, 0) is 101 Å². The van der Waals surface area contributed by atoms with Crippen molar-refractivity contribution >= 4 is 82.0 Å². The number of carboxylic acid groups (broad SMARTS) is 1. The van der Waals surface area contributed by atoms with Crippen molar-refractivity contribution in [1.82, 2.24) is 62.6 Å². The van der Waals surface area contributed by atoms with Crippen LogP contribution in [0.25, 0.3) is 10.9 Å². The van der Waals surface area contributed by atoms with Crippen LogP contribution in [0.15, 0.2) is 97.2 Å². The second-order valence-electron chi connectivity index (χ2n) is 28.8. The molecule has 0 spiro atoms. The van der Waals surface area contributed by atoms with E-state index in [0.717, 1.165) is 16.0 Å². The summed E-state index contributed by atoms with van der Waals surface area (Å²) in [5.74, 6) is -8.69. The van der Waals surface area contributed by atoms with Gasteiger partial charge in [-0.25, -0.2) is 9.18 Å². The van der Waals surface area contributed by atoms with Crippen molar-refractivity contribution in [2.24, 2.45) is 5.73 Å². The van der Waals surface area contributed by atoms with Crippen LogP contribution in [0.2, 0.25) is 0 Å². The van der Waals surface area contributed by atoms with Crippen LogP contribution in [0.1, 0.15) is 134 Å². The number of nitrogens with zero attached hydrogens (tertiary/aromatic N) is 2. The molecule has 13 N–H and O–H groups in total. The van der Waals surface area contributed by atoms with Gasteiger partial charge in [-0.05, 0) is 152 Å². The first-order chi connectivity index (χ1) is 49.5. The van der Waals surface area contributed by atoms with E-state index in [0.29, 0.717) is 51.7 Å². The average molecular weight is 1460 g/mol. The number of likely N-dealkylation sites (tertiary alicyclic amines) is 1. The molecular weight excluding hydrogens is 1360 g/mol. The number of carboxylic acids is 1. The van der Waals surface area contributed by atoms with Gasteiger partial charge in [-0.15, -0.1) is 0 Å². The molecule has 568 valence electrons. The van der Waals surface area contributed by atoms with Gasteiger partial charge in [-0.2, -0.15) is 0 Å². The fourth-order valence-electron chi connectivity index (χ4n) is 12.4. The zero-order valence-electron chi connectivity index (χ0n) is 61.4. The van der Waals surface area contributed by atoms with Gasteiger partial charge in [0, 0.05) is 82.4 Å². The standard InChI is InChI=1S/C75H100FN13O16/c1-43(77)64(94)86-58(42-82-72(102)105-74(6,7)8)66(96)83-55-36-48-14-12-15-49(34-48)40-81-60(90)27-26-59(88(10)69(99)57(84-65(55)95)37-50-41-79-54-25-22-51(76)38-53(50)54)67(97)87-63(44(2)104-73(3,4)5)68(98)85-56(35-46-20-23-52(103-11)24-21-46)70(100)89-33-13-31-75(89,9)71(101)78-32-30-45-16-18-47(19-17-45)39-80-61(91)28-29-62(92)93/h12,14-25,34,38,41,43-44,55-59,63,79H,13,26-33,35-37,39-40,42,77H2,1-11H3,(H,78,101)(H,80,91)(H,81,90)(H,82,102)(H,83,96)(H,84,95)(H,85,98)(H,86,94)(H,87,97)(H,92,93)/t43-,44+,55-,56-,57-,58+,59?,63-,75-/m0/s1. The number of nitrogens with two attached hydrogens (primary N) is 1. The molecule has 7 rings (SSSR count). The number of likely N-dealkylation sites (N-methyl/N-ethyl adjacent to an activating group) is 1. The number of alkyl carbamates (subject to hydrolysis) is 1. The molecular formula is C75H100FN13O16. The van der Waals surface area contributed by atoms with Crippen molar-refractivity contribution in [2.75, 3.05) is 33.8 Å². The molecule has 1 unspecified atom stereocenters. The summed E-state index contributed by atoms with van der Waals surface area (Å²) in [6, 6.07) is 14.2. The SMILES string of the molecule is COc1ccc(C[C@H](NC(=O)[C@@H](NC(=O)C2CCC(=O)NCc3cccc(c3)C[C@H](NC(=O)[C@@H](CNC(=O)OC(C)(C)C)NC(=O)[C@H](C)N)C(=O)N[C@@H](Cc3c[nH]c4ccc(F)cc34)C(=O)N2C)[C@@H](C)OC(C)(C)C)C(=O)N2CCC[C@@]2(C)C(=O)NCCc2ccc(CNC(=O)CCC(=O)O)cc2)cc1. The van der Waals surface area contributed by atoms with Crippen LogP contribution in [0.3, 0.4) is 0 Å². The number of carbonyl (C=O) groups excluding carboxylic acids is 11. The highest BCUT2D eigenvalue weighted by Crippen LogP contribution is 2.31. The van der Waals surface area contributed by atoms with Crippen molar-refractivity contribution in [3.05, 3.63) is 136 Å². The van der Waals surface area contributed by atoms with Crippen molar-refractivity contribution < 1.29 is 81.2 Å². The number of benzene rings is 4. The third-order valence-electron chi connectivity index (χ3n) is 18.0. The Hall–Kier alpha value is -10.5. The summed E-state index contributed by atoms with van der Waals surface area (Å²) in [5, 5.41) is 34.0. The minimum atomic E-state index is -1.65. The number of rotatable bonds is 27. The van der Waals surface area contributed by atoms with E-state index >= 15 is 28.4 Å². The van der Waals surface area contributed by atoms with E-state index in [2.05, 4.69) is 52.8 Å². The predicted octanol–water partition coefficient (Wildman–Crippen LogP) is 3.30. The number of ether oxygens (including phenoxy) is 3. The number of H-pyrrole nitrogens is 1. The summed E-state index contributed by atoms with van der Waals surface area (Å²) >= 11 is 0. The Labute approximate surface area is 609 Å². The summed E-state index contributed by atoms with van der Waals surface area (Å²) in [6.45, 7) is 14.5. The van der Waals surface area contributed by atoms with E-state index in [1.807, 2.05) is 24.3 Å². The number of hydrogen-bond donors (Lipinski definition) is 12. The lowest BCUT2D eigenvalue weighted by Gasteiger charge is -2.37. The monoisotopic (exact) mass is 1460 g/mol. The number of carbonyl (C=O) groups is 12. The molecule has 0 saturated carbocycles. The summed E-state index contributed by atoms with van der Waals surface area (Å²) in [4.78, 5) is 175. The molecule has 105 heavy (non-hydrogen) atoms. The summed E-state index contributed by atoms with van der Waals surface area (Å²) in [6.07, 6.45) is -1.42. The average Bonchev–Trinajstić information content (AvgIpc) is 1.70. The molecule has 9 atom stereocenters. The van der Waals surface area contributed by atoms with Gasteiger partial charge in [0.25, 0.3) is 0 Å². The van der Waals surface area contributed by atoms with E-state index in [-0.39, 0.29) is 77.5 Å². The molecule has 0 aliphatic carbocycles. The Morgan fingerprint density at radius 1 is 0.790 bits per heavy atom. The van der Waals surface area contributed by atoms with Crippen molar-refractivity contribution in [3.63, 3.8) is 0 Å². The minimum absolute atomic E-state index is 0.0554. The summed E-state index contributed by atoms with van der Waals surface area (Å²) in [7, 11) is 2.76. The zero-order chi connectivity index (χ0) is 77.1. The Morgan fingerprint density at radius 2 is 1.47 bits per heavy atom. The number of amides is 11. The van der Waals surface area contributed by atoms with Crippen molar-refractivity contribution in [1.29, 1.82) is 0 Å². The van der Waals surface area contributed by atoms with Crippen LogP contribution >= 0.6 is 0 Å². The van der Waals surface area contributed by atoms with Gasteiger partial charge >= 0.3 is 12.1 Å². The lowest BCUT2D eigenvalue weighted by atomic mass is 9.95. The quantitative estimate of drug-likeness (QED) is 0.0359. The van der Waals surface area contributed by atoms with Crippen LogP contribution in [0, 0.1) is 5.82 Å². The molecule has 30 heteroatoms. The van der Waals surface area contributed by atoms with E-state index < -0.39 is 149 Å². The maximum absolute atomic E-state index is 15.7. The van der Waals surface area contributed by atoms with Gasteiger partial charge in [0.2, 0.25) is 59.1 Å². The topological polar surface area (TPSA) is 409 Å². The first-order valence-corrected chi connectivity index (χ1v) is 35.1. The minimum Gasteiger partial charge on any atom is -0.497 e. The zero-order valence-corrected chi connectivity index (χ0v) is 61.4. The van der Waals surface area contributed by atoms with Crippen LogP contribution < -0.4 is 58.3 Å². The van der Waals surface area contributed by atoms with Crippen LogP contribution in [0.5, 0.6) is 5.75 Å². The fraction of sp³-hybridized carbons (Fsp3) is 0.493. The van der Waals surface area contributed by atoms with Gasteiger partial charge in [0.05, 0.1) is 37.8 Å². The number of hydrogen-bond acceptors (Lipinski definition) is 16. The molecule has 4 aromatic carbocycles. The maximum atomic E-state index is 15.7. The molecule has 2 aliphatic heterocycles. The number of aliphatic carboxylic acids is 1.